The Hall–Kier alpha value is -0.130. The second kappa shape index (κ2) is 3.94. The van der Waals surface area contributed by atoms with Gasteiger partial charge in [-0.3, -0.25) is 4.55 Å². The van der Waals surface area contributed by atoms with Crippen molar-refractivity contribution in [2.75, 3.05) is 12.3 Å². The van der Waals surface area contributed by atoms with Gasteiger partial charge >= 0.3 is 0 Å². The lowest BCUT2D eigenvalue weighted by Crippen LogP contribution is -2.39. The Morgan fingerprint density at radius 3 is 2.15 bits per heavy atom. The fourth-order valence-electron chi connectivity index (χ4n) is 2.10. The first-order valence-corrected chi connectivity index (χ1v) is 6.24. The molecule has 0 radical (unpaired) electrons. The van der Waals surface area contributed by atoms with Gasteiger partial charge in [-0.05, 0) is 24.8 Å². The summed E-state index contributed by atoms with van der Waals surface area (Å²) in [5.41, 5.74) is 5.21. The molecule has 0 aromatic rings. The van der Waals surface area contributed by atoms with Gasteiger partial charge in [-0.1, -0.05) is 19.3 Å². The van der Waals surface area contributed by atoms with Crippen molar-refractivity contribution < 1.29 is 13.0 Å². The Kier molecular flexibility index (Phi) is 3.32. The zero-order valence-electron chi connectivity index (χ0n) is 7.70. The van der Waals surface area contributed by atoms with Gasteiger partial charge in [0.05, 0.1) is 5.75 Å². The first-order valence-electron chi connectivity index (χ1n) is 4.63. The molecule has 5 heteroatoms. The van der Waals surface area contributed by atoms with Crippen molar-refractivity contribution in [2.45, 2.75) is 32.1 Å². The number of hydrogen-bond donors (Lipinski definition) is 2. The molecule has 13 heavy (non-hydrogen) atoms. The normalized spacial score (nSPS) is 22.9. The predicted molar refractivity (Wildman–Crippen MR) is 51.0 cm³/mol. The van der Waals surface area contributed by atoms with Gasteiger partial charge in [0.2, 0.25) is 0 Å². The molecule has 0 bridgehead atoms. The standard InChI is InChI=1S/C8H17NO3S/c9-6-8(7-13(10,11)12)4-2-1-3-5-8/h1-7,9H2,(H,10,11,12). The zero-order chi connectivity index (χ0) is 9.95. The van der Waals surface area contributed by atoms with Crippen molar-refractivity contribution in [2.24, 2.45) is 11.1 Å². The Morgan fingerprint density at radius 1 is 1.23 bits per heavy atom. The van der Waals surface area contributed by atoms with Crippen LogP contribution in [-0.2, 0) is 10.1 Å². The third-order valence-electron chi connectivity index (χ3n) is 2.84. The fraction of sp³-hybridized carbons (Fsp3) is 1.00. The van der Waals surface area contributed by atoms with Gasteiger partial charge in [-0.25, -0.2) is 0 Å². The van der Waals surface area contributed by atoms with Crippen LogP contribution in [0.4, 0.5) is 0 Å². The van der Waals surface area contributed by atoms with E-state index in [9.17, 15) is 8.42 Å². The number of nitrogens with two attached hydrogens (primary N) is 1. The first-order chi connectivity index (χ1) is 5.97. The van der Waals surface area contributed by atoms with Crippen LogP contribution in [0.5, 0.6) is 0 Å². The molecule has 0 spiro atoms. The van der Waals surface area contributed by atoms with Crippen molar-refractivity contribution in [1.29, 1.82) is 0 Å². The van der Waals surface area contributed by atoms with Crippen LogP contribution in [0.1, 0.15) is 32.1 Å². The molecule has 0 aromatic carbocycles. The minimum atomic E-state index is -3.87. The molecular weight excluding hydrogens is 190 g/mol. The van der Waals surface area contributed by atoms with E-state index < -0.39 is 10.1 Å². The topological polar surface area (TPSA) is 80.4 Å². The Balaban J connectivity index is 2.68. The fourth-order valence-corrected chi connectivity index (χ4v) is 3.28. The van der Waals surface area contributed by atoms with Crippen molar-refractivity contribution in [3.8, 4) is 0 Å². The molecule has 1 aliphatic rings. The van der Waals surface area contributed by atoms with Crippen molar-refractivity contribution >= 4 is 10.1 Å². The highest BCUT2D eigenvalue weighted by Gasteiger charge is 2.34. The number of rotatable bonds is 3. The largest absolute Gasteiger partial charge is 0.330 e. The Labute approximate surface area is 79.3 Å². The van der Waals surface area contributed by atoms with E-state index in [0.717, 1.165) is 32.1 Å². The molecule has 1 aliphatic carbocycles. The third kappa shape index (κ3) is 3.25. The highest BCUT2D eigenvalue weighted by atomic mass is 32.2. The molecule has 78 valence electrons. The highest BCUT2D eigenvalue weighted by molar-refractivity contribution is 7.85. The number of hydrogen-bond acceptors (Lipinski definition) is 3. The summed E-state index contributed by atoms with van der Waals surface area (Å²) in [6.45, 7) is 0.354. The summed E-state index contributed by atoms with van der Waals surface area (Å²) >= 11 is 0. The first kappa shape index (κ1) is 10.9. The summed E-state index contributed by atoms with van der Waals surface area (Å²) in [7, 11) is -3.87. The molecule has 0 heterocycles. The van der Waals surface area contributed by atoms with E-state index >= 15 is 0 Å². The van der Waals surface area contributed by atoms with Gasteiger partial charge < -0.3 is 5.73 Å². The molecule has 0 amide bonds. The molecular formula is C8H17NO3S. The van der Waals surface area contributed by atoms with Gasteiger partial charge in [0, 0.05) is 0 Å². The minimum Gasteiger partial charge on any atom is -0.330 e. The van der Waals surface area contributed by atoms with Gasteiger partial charge in [0.15, 0.2) is 0 Å². The summed E-state index contributed by atoms with van der Waals surface area (Å²) < 4.78 is 30.3. The smallest absolute Gasteiger partial charge is 0.265 e. The molecule has 1 rings (SSSR count). The summed E-state index contributed by atoms with van der Waals surface area (Å²) in [6, 6.07) is 0. The molecule has 0 aromatic heterocycles. The van der Waals surface area contributed by atoms with Gasteiger partial charge in [-0.2, -0.15) is 8.42 Å². The second-order valence-corrected chi connectivity index (χ2v) is 5.44. The Morgan fingerprint density at radius 2 is 1.77 bits per heavy atom. The van der Waals surface area contributed by atoms with E-state index in [1.165, 1.54) is 0 Å². The van der Waals surface area contributed by atoms with Crippen LogP contribution in [0.25, 0.3) is 0 Å². The summed E-state index contributed by atoms with van der Waals surface area (Å²) in [6.07, 6.45) is 4.83. The van der Waals surface area contributed by atoms with Crippen LogP contribution in [0.15, 0.2) is 0 Å². The molecule has 0 aliphatic heterocycles. The maximum Gasteiger partial charge on any atom is 0.265 e. The maximum atomic E-state index is 10.8. The van der Waals surface area contributed by atoms with Crippen molar-refractivity contribution in [3.63, 3.8) is 0 Å². The lowest BCUT2D eigenvalue weighted by atomic mass is 9.76. The summed E-state index contributed by atoms with van der Waals surface area (Å²) in [4.78, 5) is 0. The third-order valence-corrected chi connectivity index (χ3v) is 3.81. The van der Waals surface area contributed by atoms with E-state index in [2.05, 4.69) is 0 Å². The van der Waals surface area contributed by atoms with Gasteiger partial charge in [0.1, 0.15) is 0 Å². The monoisotopic (exact) mass is 207 g/mol. The van der Waals surface area contributed by atoms with Crippen molar-refractivity contribution in [3.05, 3.63) is 0 Å². The Bertz CT molecular complexity index is 255. The van der Waals surface area contributed by atoms with Crippen LogP contribution >= 0.6 is 0 Å². The van der Waals surface area contributed by atoms with E-state index in [1.807, 2.05) is 0 Å². The molecule has 1 fully saturated rings. The quantitative estimate of drug-likeness (QED) is 0.670. The van der Waals surface area contributed by atoms with Crippen LogP contribution in [0, 0.1) is 5.41 Å². The summed E-state index contributed by atoms with van der Waals surface area (Å²) in [5.74, 6) is -0.170. The molecule has 3 N–H and O–H groups in total. The molecule has 1 saturated carbocycles. The van der Waals surface area contributed by atoms with Crippen LogP contribution in [0.3, 0.4) is 0 Å². The minimum absolute atomic E-state index is 0.170. The van der Waals surface area contributed by atoms with E-state index in [1.54, 1.807) is 0 Å². The van der Waals surface area contributed by atoms with Gasteiger partial charge in [-0.15, -0.1) is 0 Å². The molecule has 4 nitrogen and oxygen atoms in total. The molecule has 0 atom stereocenters. The maximum absolute atomic E-state index is 10.8. The summed E-state index contributed by atoms with van der Waals surface area (Å²) in [5, 5.41) is 0. The van der Waals surface area contributed by atoms with E-state index in [4.69, 9.17) is 10.3 Å². The lowest BCUT2D eigenvalue weighted by molar-refractivity contribution is 0.225. The molecule has 0 saturated heterocycles. The average molecular weight is 207 g/mol. The second-order valence-electron chi connectivity index (χ2n) is 3.99. The van der Waals surface area contributed by atoms with Crippen LogP contribution in [-0.4, -0.2) is 25.3 Å². The van der Waals surface area contributed by atoms with Gasteiger partial charge in [0.25, 0.3) is 10.1 Å². The predicted octanol–water partition coefficient (Wildman–Crippen LogP) is 0.783. The van der Waals surface area contributed by atoms with Crippen LogP contribution < -0.4 is 5.73 Å². The molecule has 0 unspecified atom stereocenters. The lowest BCUT2D eigenvalue weighted by Gasteiger charge is -2.34. The highest BCUT2D eigenvalue weighted by Crippen LogP contribution is 2.36. The van der Waals surface area contributed by atoms with E-state index in [0.29, 0.717) is 6.54 Å². The van der Waals surface area contributed by atoms with Crippen LogP contribution in [0.2, 0.25) is 0 Å². The van der Waals surface area contributed by atoms with E-state index in [-0.39, 0.29) is 11.2 Å². The average Bonchev–Trinajstić information content (AvgIpc) is 2.03. The van der Waals surface area contributed by atoms with Crippen molar-refractivity contribution in [1.82, 2.24) is 0 Å². The zero-order valence-corrected chi connectivity index (χ0v) is 8.52. The SMILES string of the molecule is NCC1(CS(=O)(=O)O)CCCCC1.